The minimum atomic E-state index is -1.62. The van der Waals surface area contributed by atoms with Crippen LogP contribution >= 0.6 is 0 Å². The van der Waals surface area contributed by atoms with Crippen LogP contribution in [0.4, 0.5) is 0 Å². The van der Waals surface area contributed by atoms with Crippen molar-refractivity contribution in [1.29, 1.82) is 0 Å². The molecule has 3 aromatic carbocycles. The lowest BCUT2D eigenvalue weighted by molar-refractivity contribution is -0.277. The molecule has 0 spiro atoms. The molecule has 0 aliphatic carbocycles. The number of benzene rings is 3. The largest absolute Gasteiger partial charge is 0.504 e. The molecule has 9 unspecified atom stereocenters. The van der Waals surface area contributed by atoms with E-state index in [1.807, 2.05) is 0 Å². The van der Waals surface area contributed by atoms with Gasteiger partial charge in [-0.15, -0.1) is 0 Å². The topological polar surface area (TPSA) is 217 Å². The fourth-order valence-electron chi connectivity index (χ4n) is 6.03. The summed E-state index contributed by atoms with van der Waals surface area (Å²) in [6.45, 7) is -1.38. The SMILES string of the molecule is COc1cc(C(CO)C(O)c2cc(OC)c3c(c2)C(CO)C(c2ccc(OC4OC(CO)C(O)C(O)C4O)c(OC)c2)O3)ccc1O. The zero-order valence-corrected chi connectivity index (χ0v) is 26.0. The Balaban J connectivity index is 1.43. The van der Waals surface area contributed by atoms with E-state index in [1.165, 1.54) is 39.5 Å². The Morgan fingerprint density at radius 2 is 1.45 bits per heavy atom. The van der Waals surface area contributed by atoms with Crippen molar-refractivity contribution in [2.45, 2.75) is 54.7 Å². The summed E-state index contributed by atoms with van der Waals surface area (Å²) < 4.78 is 33.9. The number of rotatable bonds is 12. The molecule has 0 aromatic heterocycles. The van der Waals surface area contributed by atoms with Gasteiger partial charge in [-0.2, -0.15) is 0 Å². The molecule has 2 heterocycles. The van der Waals surface area contributed by atoms with Crippen molar-refractivity contribution in [2.75, 3.05) is 41.2 Å². The molecule has 47 heavy (non-hydrogen) atoms. The second kappa shape index (κ2) is 14.5. The Kier molecular flexibility index (Phi) is 10.6. The van der Waals surface area contributed by atoms with Crippen LogP contribution in [-0.4, -0.2) is 113 Å². The van der Waals surface area contributed by atoms with Gasteiger partial charge < -0.3 is 69.3 Å². The Labute approximate surface area is 270 Å². The van der Waals surface area contributed by atoms with Gasteiger partial charge in [-0.05, 0) is 53.1 Å². The fourth-order valence-corrected chi connectivity index (χ4v) is 6.03. The maximum Gasteiger partial charge on any atom is 0.229 e. The third-order valence-corrected chi connectivity index (χ3v) is 8.69. The first-order valence-electron chi connectivity index (χ1n) is 14.9. The summed E-state index contributed by atoms with van der Waals surface area (Å²) in [5, 5.41) is 82.4. The van der Waals surface area contributed by atoms with Gasteiger partial charge in [0.1, 0.15) is 30.5 Å². The molecule has 14 nitrogen and oxygen atoms in total. The lowest BCUT2D eigenvalue weighted by Crippen LogP contribution is -2.60. The molecule has 256 valence electrons. The van der Waals surface area contributed by atoms with Crippen LogP contribution in [0.3, 0.4) is 0 Å². The van der Waals surface area contributed by atoms with Crippen LogP contribution in [0.1, 0.15) is 46.3 Å². The van der Waals surface area contributed by atoms with Gasteiger partial charge in [0.25, 0.3) is 0 Å². The zero-order chi connectivity index (χ0) is 34.0. The number of phenols is 1. The minimum Gasteiger partial charge on any atom is -0.504 e. The van der Waals surface area contributed by atoms with Gasteiger partial charge in [0.2, 0.25) is 6.29 Å². The number of fused-ring (bicyclic) bond motifs is 1. The summed E-state index contributed by atoms with van der Waals surface area (Å²) >= 11 is 0. The Hall–Kier alpha value is -3.86. The van der Waals surface area contributed by atoms with Crippen LogP contribution in [-0.2, 0) is 4.74 Å². The highest BCUT2D eigenvalue weighted by Crippen LogP contribution is 2.52. The summed E-state index contributed by atoms with van der Waals surface area (Å²) in [5.41, 5.74) is 2.06. The maximum absolute atomic E-state index is 11.5. The second-order valence-electron chi connectivity index (χ2n) is 11.4. The Morgan fingerprint density at radius 3 is 2.09 bits per heavy atom. The molecule has 2 aliphatic rings. The molecule has 5 rings (SSSR count). The molecular weight excluding hydrogens is 620 g/mol. The summed E-state index contributed by atoms with van der Waals surface area (Å²) in [4.78, 5) is 0. The highest BCUT2D eigenvalue weighted by atomic mass is 16.7. The zero-order valence-electron chi connectivity index (χ0n) is 26.0. The third-order valence-electron chi connectivity index (χ3n) is 8.69. The van der Waals surface area contributed by atoms with Crippen molar-refractivity contribution in [2.24, 2.45) is 0 Å². The molecule has 14 heteroatoms. The normalized spacial score (nSPS) is 26.6. The third kappa shape index (κ3) is 6.51. The predicted molar refractivity (Wildman–Crippen MR) is 163 cm³/mol. The minimum absolute atomic E-state index is 0.0827. The van der Waals surface area contributed by atoms with Crippen LogP contribution in [0.15, 0.2) is 48.5 Å². The van der Waals surface area contributed by atoms with E-state index in [-0.39, 0.29) is 29.6 Å². The van der Waals surface area contributed by atoms with E-state index >= 15 is 0 Å². The molecule has 0 amide bonds. The van der Waals surface area contributed by atoms with Gasteiger partial charge in [0, 0.05) is 11.5 Å². The fraction of sp³-hybridized carbons (Fsp3) is 0.455. The number of methoxy groups -OCH3 is 3. The second-order valence-corrected chi connectivity index (χ2v) is 11.4. The van der Waals surface area contributed by atoms with Gasteiger partial charge >= 0.3 is 0 Å². The van der Waals surface area contributed by atoms with Crippen molar-refractivity contribution in [3.05, 3.63) is 70.8 Å². The number of ether oxygens (including phenoxy) is 6. The number of aliphatic hydroxyl groups excluding tert-OH is 7. The summed E-state index contributed by atoms with van der Waals surface area (Å²) in [7, 11) is 4.24. The van der Waals surface area contributed by atoms with E-state index in [0.29, 0.717) is 33.8 Å². The molecule has 3 aromatic rings. The summed E-state index contributed by atoms with van der Waals surface area (Å²) in [6.07, 6.45) is -9.33. The number of aliphatic hydroxyl groups is 7. The van der Waals surface area contributed by atoms with Crippen molar-refractivity contribution in [3.8, 4) is 34.5 Å². The molecule has 2 aliphatic heterocycles. The van der Waals surface area contributed by atoms with Gasteiger partial charge in [0.05, 0.1) is 53.2 Å². The number of aromatic hydroxyl groups is 1. The van der Waals surface area contributed by atoms with Gasteiger partial charge in [0.15, 0.2) is 34.5 Å². The number of hydrogen-bond donors (Lipinski definition) is 8. The number of hydrogen-bond acceptors (Lipinski definition) is 14. The summed E-state index contributed by atoms with van der Waals surface area (Å²) in [5.74, 6) is -0.314. The van der Waals surface area contributed by atoms with Crippen LogP contribution in [0.25, 0.3) is 0 Å². The molecule has 0 saturated carbocycles. The molecule has 8 N–H and O–H groups in total. The highest BCUT2D eigenvalue weighted by molar-refractivity contribution is 5.57. The van der Waals surface area contributed by atoms with E-state index in [0.717, 1.165) is 0 Å². The molecule has 0 radical (unpaired) electrons. The lowest BCUT2D eigenvalue weighted by Gasteiger charge is -2.39. The molecule has 1 fully saturated rings. The first-order valence-corrected chi connectivity index (χ1v) is 14.9. The first-order chi connectivity index (χ1) is 22.6. The predicted octanol–water partition coefficient (Wildman–Crippen LogP) is 0.616. The maximum atomic E-state index is 11.5. The number of phenolic OH excluding ortho intramolecular Hbond substituents is 1. The van der Waals surface area contributed by atoms with Crippen LogP contribution < -0.4 is 23.7 Å². The van der Waals surface area contributed by atoms with Crippen molar-refractivity contribution in [1.82, 2.24) is 0 Å². The monoisotopic (exact) mass is 660 g/mol. The first kappa shape index (κ1) is 34.5. The van der Waals surface area contributed by atoms with Crippen LogP contribution in [0.2, 0.25) is 0 Å². The molecule has 1 saturated heterocycles. The summed E-state index contributed by atoms with van der Waals surface area (Å²) in [6, 6.07) is 12.6. The average molecular weight is 661 g/mol. The van der Waals surface area contributed by atoms with Crippen LogP contribution in [0.5, 0.6) is 34.5 Å². The van der Waals surface area contributed by atoms with E-state index in [4.69, 9.17) is 28.4 Å². The molecule has 0 bridgehead atoms. The van der Waals surface area contributed by atoms with Crippen molar-refractivity contribution < 1.29 is 69.3 Å². The van der Waals surface area contributed by atoms with E-state index in [1.54, 1.807) is 30.3 Å². The van der Waals surface area contributed by atoms with Gasteiger partial charge in [-0.3, -0.25) is 0 Å². The van der Waals surface area contributed by atoms with E-state index in [9.17, 15) is 40.9 Å². The smallest absolute Gasteiger partial charge is 0.229 e. The van der Waals surface area contributed by atoms with Crippen LogP contribution in [0, 0.1) is 0 Å². The lowest BCUT2D eigenvalue weighted by atomic mass is 9.86. The van der Waals surface area contributed by atoms with Crippen molar-refractivity contribution in [3.63, 3.8) is 0 Å². The Morgan fingerprint density at radius 1 is 0.745 bits per heavy atom. The van der Waals surface area contributed by atoms with Gasteiger partial charge in [-0.25, -0.2) is 0 Å². The molecular formula is C33H40O14. The van der Waals surface area contributed by atoms with Crippen molar-refractivity contribution >= 4 is 0 Å². The standard InChI is InChI=1S/C33H40O14/c1-42-23-9-15(4-6-21(23)37)19(12-34)27(38)17-8-18-20(13-35)31(47-32(18)25(11-17)44-3)16-5-7-22(24(10-16)43-2)45-33-30(41)29(40)28(39)26(14-36)46-33/h4-11,19-20,26-31,33-41H,12-14H2,1-3H3. The highest BCUT2D eigenvalue weighted by Gasteiger charge is 2.45. The molecule has 9 atom stereocenters. The van der Waals surface area contributed by atoms with E-state index in [2.05, 4.69) is 0 Å². The average Bonchev–Trinajstić information content (AvgIpc) is 3.47. The Bertz CT molecular complexity index is 1530. The quantitative estimate of drug-likeness (QED) is 0.134. The van der Waals surface area contributed by atoms with Gasteiger partial charge in [-0.1, -0.05) is 12.1 Å². The van der Waals surface area contributed by atoms with E-state index < -0.39 is 68.0 Å².